The summed E-state index contributed by atoms with van der Waals surface area (Å²) in [6.07, 6.45) is -3.96. The van der Waals surface area contributed by atoms with Crippen molar-refractivity contribution in [3.8, 4) is 17.2 Å². The molecule has 0 unspecified atom stereocenters. The number of non-ortho nitro benzene ring substituents is 1. The maximum absolute atomic E-state index is 13.9. The number of nitro benzene ring substituents is 1. The molecule has 0 amide bonds. The van der Waals surface area contributed by atoms with Crippen LogP contribution in [0.5, 0.6) is 5.75 Å². The number of hydrogen-bond acceptors (Lipinski definition) is 7. The molecule has 0 radical (unpaired) electrons. The van der Waals surface area contributed by atoms with Crippen molar-refractivity contribution in [1.82, 2.24) is 4.98 Å². The van der Waals surface area contributed by atoms with E-state index in [0.29, 0.717) is 41.4 Å². The lowest BCUT2D eigenvalue weighted by Gasteiger charge is -2.34. The second kappa shape index (κ2) is 12.2. The standard InChI is InChI=1S/C31H28F3N3O6/c1-19-26(35-30(43-19)21-5-3-2-4-6-21)14-16-42-28-11-7-20(8-12-29(38)39)24-18-36(15-13-23(24)28)27-17-22(37(40)41)9-10-25(27)31(32,33)34/h2-7,9-11,17H,8,12-16,18H2,1H3,(H,38,39). The highest BCUT2D eigenvalue weighted by atomic mass is 19.4. The first-order valence-corrected chi connectivity index (χ1v) is 13.6. The zero-order valence-corrected chi connectivity index (χ0v) is 23.2. The van der Waals surface area contributed by atoms with E-state index in [-0.39, 0.29) is 38.2 Å². The van der Waals surface area contributed by atoms with Gasteiger partial charge in [0.25, 0.3) is 5.69 Å². The zero-order chi connectivity index (χ0) is 30.7. The van der Waals surface area contributed by atoms with Gasteiger partial charge in [0.1, 0.15) is 11.5 Å². The molecular formula is C31H28F3N3O6. The number of aliphatic carboxylic acids is 1. The lowest BCUT2D eigenvalue weighted by molar-refractivity contribution is -0.384. The van der Waals surface area contributed by atoms with Crippen molar-refractivity contribution >= 4 is 17.3 Å². The third kappa shape index (κ3) is 6.63. The summed E-state index contributed by atoms with van der Waals surface area (Å²) in [5.74, 6) is 0.722. The summed E-state index contributed by atoms with van der Waals surface area (Å²) in [5.41, 5.74) is 1.99. The molecule has 0 aliphatic carbocycles. The Bertz CT molecular complexity index is 1650. The van der Waals surface area contributed by atoms with Crippen LogP contribution in [-0.2, 0) is 36.8 Å². The van der Waals surface area contributed by atoms with Crippen LogP contribution in [0, 0.1) is 17.0 Å². The van der Waals surface area contributed by atoms with Crippen molar-refractivity contribution in [3.63, 3.8) is 0 Å². The highest BCUT2D eigenvalue weighted by molar-refractivity contribution is 5.67. The Morgan fingerprint density at radius 3 is 2.58 bits per heavy atom. The molecular weight excluding hydrogens is 567 g/mol. The van der Waals surface area contributed by atoms with Gasteiger partial charge in [-0.25, -0.2) is 4.98 Å². The Kier molecular flexibility index (Phi) is 8.38. The number of nitrogens with zero attached hydrogens (tertiary/aromatic N) is 3. The molecule has 1 aliphatic rings. The number of carbonyl (C=O) groups is 1. The van der Waals surface area contributed by atoms with Crippen molar-refractivity contribution in [1.29, 1.82) is 0 Å². The number of anilines is 1. The molecule has 4 aromatic rings. The molecule has 0 spiro atoms. The van der Waals surface area contributed by atoms with Crippen molar-refractivity contribution in [2.75, 3.05) is 18.1 Å². The van der Waals surface area contributed by atoms with Crippen LogP contribution < -0.4 is 9.64 Å². The number of oxazole rings is 1. The second-order valence-corrected chi connectivity index (χ2v) is 10.2. The second-order valence-electron chi connectivity index (χ2n) is 10.2. The van der Waals surface area contributed by atoms with Gasteiger partial charge < -0.3 is 19.2 Å². The summed E-state index contributed by atoms with van der Waals surface area (Å²) in [6, 6.07) is 15.5. The monoisotopic (exact) mass is 595 g/mol. The van der Waals surface area contributed by atoms with Crippen LogP contribution in [0.1, 0.15) is 40.1 Å². The summed E-state index contributed by atoms with van der Waals surface area (Å²) in [6.45, 7) is 2.24. The van der Waals surface area contributed by atoms with Crippen molar-refractivity contribution in [2.45, 2.75) is 45.3 Å². The number of rotatable bonds is 10. The van der Waals surface area contributed by atoms with Crippen LogP contribution in [0.25, 0.3) is 11.5 Å². The average molecular weight is 596 g/mol. The first-order valence-electron chi connectivity index (χ1n) is 13.6. The van der Waals surface area contributed by atoms with Crippen LogP contribution in [-0.4, -0.2) is 34.1 Å². The number of alkyl halides is 3. The maximum atomic E-state index is 13.9. The fraction of sp³-hybridized carbons (Fsp3) is 0.290. The third-order valence-electron chi connectivity index (χ3n) is 7.42. The van der Waals surface area contributed by atoms with Crippen LogP contribution in [0.2, 0.25) is 0 Å². The molecule has 0 fully saturated rings. The number of hydrogen-bond donors (Lipinski definition) is 1. The van der Waals surface area contributed by atoms with Gasteiger partial charge in [-0.1, -0.05) is 24.3 Å². The first-order chi connectivity index (χ1) is 20.5. The van der Waals surface area contributed by atoms with E-state index in [1.807, 2.05) is 37.3 Å². The van der Waals surface area contributed by atoms with Gasteiger partial charge in [0, 0.05) is 49.2 Å². The van der Waals surface area contributed by atoms with Gasteiger partial charge >= 0.3 is 12.1 Å². The normalized spacial score (nSPS) is 13.1. The van der Waals surface area contributed by atoms with E-state index in [4.69, 9.17) is 9.15 Å². The smallest absolute Gasteiger partial charge is 0.418 e. The summed E-state index contributed by atoms with van der Waals surface area (Å²) in [7, 11) is 0. The Labute approximate surface area is 244 Å². The van der Waals surface area contributed by atoms with Crippen LogP contribution >= 0.6 is 0 Å². The highest BCUT2D eigenvalue weighted by Gasteiger charge is 2.37. The number of aromatic nitrogens is 1. The molecule has 0 atom stereocenters. The minimum absolute atomic E-state index is 0.00850. The van der Waals surface area contributed by atoms with Gasteiger partial charge in [-0.2, -0.15) is 13.2 Å². The summed E-state index contributed by atoms with van der Waals surface area (Å²) >= 11 is 0. The first kappa shape index (κ1) is 29.6. The Hall–Kier alpha value is -4.87. The van der Waals surface area contributed by atoms with Crippen molar-refractivity contribution < 1.29 is 37.1 Å². The summed E-state index contributed by atoms with van der Waals surface area (Å²) < 4.78 is 53.7. The molecule has 5 rings (SSSR count). The van der Waals surface area contributed by atoms with E-state index in [1.165, 1.54) is 4.90 Å². The number of fused-ring (bicyclic) bond motifs is 1. The number of ether oxygens (including phenoxy) is 1. The topological polar surface area (TPSA) is 119 Å². The lowest BCUT2D eigenvalue weighted by Crippen LogP contribution is -2.33. The number of benzene rings is 3. The molecule has 0 saturated heterocycles. The molecule has 224 valence electrons. The average Bonchev–Trinajstić information content (AvgIpc) is 3.36. The van der Waals surface area contributed by atoms with Gasteiger partial charge in [-0.05, 0) is 55.2 Å². The van der Waals surface area contributed by atoms with E-state index in [1.54, 1.807) is 12.1 Å². The minimum Gasteiger partial charge on any atom is -0.493 e. The molecule has 9 nitrogen and oxygen atoms in total. The lowest BCUT2D eigenvalue weighted by atomic mass is 9.91. The molecule has 2 heterocycles. The Morgan fingerprint density at radius 2 is 1.88 bits per heavy atom. The molecule has 12 heteroatoms. The molecule has 43 heavy (non-hydrogen) atoms. The fourth-order valence-corrected chi connectivity index (χ4v) is 5.28. The van der Waals surface area contributed by atoms with Gasteiger partial charge in [-0.3, -0.25) is 14.9 Å². The van der Waals surface area contributed by atoms with E-state index in [9.17, 15) is 33.2 Å². The van der Waals surface area contributed by atoms with Gasteiger partial charge in [0.2, 0.25) is 5.89 Å². The van der Waals surface area contributed by atoms with E-state index >= 15 is 0 Å². The van der Waals surface area contributed by atoms with Gasteiger partial charge in [0.05, 0.1) is 28.5 Å². The fourth-order valence-electron chi connectivity index (χ4n) is 5.28. The van der Waals surface area contributed by atoms with Crippen LogP contribution in [0.3, 0.4) is 0 Å². The number of carboxylic acid groups (broad SMARTS) is 1. The molecule has 1 aliphatic heterocycles. The maximum Gasteiger partial charge on any atom is 0.418 e. The highest BCUT2D eigenvalue weighted by Crippen LogP contribution is 2.41. The number of carboxylic acids is 1. The minimum atomic E-state index is -4.72. The predicted octanol–water partition coefficient (Wildman–Crippen LogP) is 6.78. The molecule has 1 N–H and O–H groups in total. The SMILES string of the molecule is Cc1oc(-c2ccccc2)nc1CCOc1ccc(CCC(=O)O)c2c1CCN(c1cc([N+](=O)[O-])ccc1C(F)(F)F)C2. The third-order valence-corrected chi connectivity index (χ3v) is 7.42. The van der Waals surface area contributed by atoms with Crippen molar-refractivity contribution in [3.05, 3.63) is 104 Å². The number of aryl methyl sites for hydroxylation is 2. The Morgan fingerprint density at radius 1 is 1.12 bits per heavy atom. The van der Waals surface area contributed by atoms with Crippen LogP contribution in [0.15, 0.2) is 65.1 Å². The Balaban J connectivity index is 1.41. The molecule has 3 aromatic carbocycles. The quantitative estimate of drug-likeness (QED) is 0.157. The van der Waals surface area contributed by atoms with Crippen molar-refractivity contribution in [2.24, 2.45) is 0 Å². The zero-order valence-electron chi connectivity index (χ0n) is 23.2. The molecule has 0 bridgehead atoms. The van der Waals surface area contributed by atoms with Crippen LogP contribution in [0.4, 0.5) is 24.5 Å². The van der Waals surface area contributed by atoms with Gasteiger partial charge in [-0.15, -0.1) is 0 Å². The number of halogens is 3. The number of nitro groups is 1. The van der Waals surface area contributed by atoms with Gasteiger partial charge in [0.15, 0.2) is 0 Å². The largest absolute Gasteiger partial charge is 0.493 e. The van der Waals surface area contributed by atoms with E-state index in [2.05, 4.69) is 4.98 Å². The summed E-state index contributed by atoms with van der Waals surface area (Å²) in [5, 5.41) is 20.6. The van der Waals surface area contributed by atoms with E-state index in [0.717, 1.165) is 35.0 Å². The molecule has 0 saturated carbocycles. The van der Waals surface area contributed by atoms with E-state index < -0.39 is 28.3 Å². The summed E-state index contributed by atoms with van der Waals surface area (Å²) in [4.78, 5) is 28.0. The molecule has 1 aromatic heterocycles. The predicted molar refractivity (Wildman–Crippen MR) is 151 cm³/mol.